The second-order valence-corrected chi connectivity index (χ2v) is 18.2. The highest BCUT2D eigenvalue weighted by Gasteiger charge is 2.19. The zero-order valence-corrected chi connectivity index (χ0v) is 43.2. The van der Waals surface area contributed by atoms with Crippen LogP contribution in [-0.2, 0) is 28.6 Å². The Labute approximate surface area is 407 Å². The maximum Gasteiger partial charge on any atom is 0.306 e. The molecule has 0 saturated carbocycles. The lowest BCUT2D eigenvalue weighted by atomic mass is 10.1. The molecule has 0 aliphatic rings. The zero-order valence-electron chi connectivity index (χ0n) is 43.2. The Morgan fingerprint density at radius 1 is 0.333 bits per heavy atom. The van der Waals surface area contributed by atoms with Crippen molar-refractivity contribution in [3.05, 3.63) is 85.1 Å². The number of rotatable bonds is 49. The van der Waals surface area contributed by atoms with Crippen molar-refractivity contribution in [1.82, 2.24) is 0 Å². The Morgan fingerprint density at radius 3 is 1.11 bits per heavy atom. The molecule has 378 valence electrons. The Kier molecular flexibility index (Phi) is 51.4. The SMILES string of the molecule is CC/C=C/C=C/C=C/C=C/CCCCCC(=O)OCC(COC(=O)CCCCCCC/C=C/CCCCCCCCCCC)OC(=O)CCCCCCCCC/C=C/C/C=C/CCCCC. The summed E-state index contributed by atoms with van der Waals surface area (Å²) in [6.45, 7) is 6.43. The summed E-state index contributed by atoms with van der Waals surface area (Å²) < 4.78 is 16.8. The van der Waals surface area contributed by atoms with E-state index >= 15 is 0 Å². The van der Waals surface area contributed by atoms with Crippen LogP contribution in [0.5, 0.6) is 0 Å². The monoisotopic (exact) mass is 919 g/mol. The lowest BCUT2D eigenvalue weighted by Gasteiger charge is -2.18. The summed E-state index contributed by atoms with van der Waals surface area (Å²) in [4.78, 5) is 38.1. The van der Waals surface area contributed by atoms with Gasteiger partial charge in [0.05, 0.1) is 0 Å². The molecule has 1 atom stereocenters. The highest BCUT2D eigenvalue weighted by atomic mass is 16.6. The van der Waals surface area contributed by atoms with Crippen LogP contribution in [0.1, 0.15) is 258 Å². The van der Waals surface area contributed by atoms with Gasteiger partial charge in [0.1, 0.15) is 13.2 Å². The van der Waals surface area contributed by atoms with Crippen LogP contribution >= 0.6 is 0 Å². The highest BCUT2D eigenvalue weighted by molar-refractivity contribution is 5.71. The fraction of sp³-hybridized carbons (Fsp3) is 0.717. The molecule has 0 fully saturated rings. The average molecular weight is 919 g/mol. The number of carbonyl (C=O) groups excluding carboxylic acids is 3. The molecule has 0 N–H and O–H groups in total. The molecule has 0 radical (unpaired) electrons. The van der Waals surface area contributed by atoms with Gasteiger partial charge in [-0.05, 0) is 96.3 Å². The van der Waals surface area contributed by atoms with E-state index in [1.165, 1.54) is 128 Å². The Bertz CT molecular complexity index is 1290. The van der Waals surface area contributed by atoms with Crippen molar-refractivity contribution in [2.24, 2.45) is 0 Å². The third-order valence-corrected chi connectivity index (χ3v) is 11.7. The van der Waals surface area contributed by atoms with E-state index in [1.807, 2.05) is 36.5 Å². The number of hydrogen-bond acceptors (Lipinski definition) is 6. The van der Waals surface area contributed by atoms with Crippen molar-refractivity contribution in [2.75, 3.05) is 13.2 Å². The van der Waals surface area contributed by atoms with E-state index in [-0.39, 0.29) is 31.1 Å². The van der Waals surface area contributed by atoms with Gasteiger partial charge in [-0.25, -0.2) is 0 Å². The molecule has 0 spiro atoms. The van der Waals surface area contributed by atoms with E-state index in [0.29, 0.717) is 19.3 Å². The quantitative estimate of drug-likeness (QED) is 0.0199. The summed E-state index contributed by atoms with van der Waals surface area (Å²) in [6.07, 6.45) is 70.0. The topological polar surface area (TPSA) is 78.9 Å². The smallest absolute Gasteiger partial charge is 0.306 e. The maximum absolute atomic E-state index is 12.8. The van der Waals surface area contributed by atoms with Crippen LogP contribution in [0.3, 0.4) is 0 Å². The second kappa shape index (κ2) is 54.2. The summed E-state index contributed by atoms with van der Waals surface area (Å²) >= 11 is 0. The molecule has 1 unspecified atom stereocenters. The van der Waals surface area contributed by atoms with Crippen LogP contribution in [0, 0.1) is 0 Å². The van der Waals surface area contributed by atoms with Gasteiger partial charge in [-0.2, -0.15) is 0 Å². The summed E-state index contributed by atoms with van der Waals surface area (Å²) in [5.41, 5.74) is 0. The van der Waals surface area contributed by atoms with Crippen molar-refractivity contribution in [1.29, 1.82) is 0 Å². The van der Waals surface area contributed by atoms with Crippen LogP contribution < -0.4 is 0 Å². The maximum atomic E-state index is 12.8. The fourth-order valence-electron chi connectivity index (χ4n) is 7.54. The van der Waals surface area contributed by atoms with Gasteiger partial charge in [-0.1, -0.05) is 228 Å². The third kappa shape index (κ3) is 51.6. The minimum atomic E-state index is -0.801. The lowest BCUT2D eigenvalue weighted by Crippen LogP contribution is -2.30. The van der Waals surface area contributed by atoms with Gasteiger partial charge in [0.25, 0.3) is 0 Å². The lowest BCUT2D eigenvalue weighted by molar-refractivity contribution is -0.167. The molecule has 0 aromatic heterocycles. The first kappa shape index (κ1) is 62.6. The molecular formula is C60H102O6. The number of esters is 3. The molecule has 6 heteroatoms. The van der Waals surface area contributed by atoms with Gasteiger partial charge in [0.15, 0.2) is 6.10 Å². The van der Waals surface area contributed by atoms with Gasteiger partial charge in [-0.15, -0.1) is 0 Å². The molecule has 0 saturated heterocycles. The van der Waals surface area contributed by atoms with Crippen molar-refractivity contribution in [3.8, 4) is 0 Å². The van der Waals surface area contributed by atoms with E-state index in [9.17, 15) is 14.4 Å². The minimum absolute atomic E-state index is 0.0970. The minimum Gasteiger partial charge on any atom is -0.462 e. The number of carbonyl (C=O) groups is 3. The molecule has 0 heterocycles. The summed E-state index contributed by atoms with van der Waals surface area (Å²) in [6, 6.07) is 0. The Hall–Kier alpha value is -3.41. The van der Waals surface area contributed by atoms with Crippen LogP contribution in [0.2, 0.25) is 0 Å². The second-order valence-electron chi connectivity index (χ2n) is 18.2. The first-order valence-electron chi connectivity index (χ1n) is 27.6. The van der Waals surface area contributed by atoms with Crippen molar-refractivity contribution < 1.29 is 28.6 Å². The van der Waals surface area contributed by atoms with Gasteiger partial charge < -0.3 is 14.2 Å². The molecule has 0 amide bonds. The predicted molar refractivity (Wildman–Crippen MR) is 284 cm³/mol. The van der Waals surface area contributed by atoms with Crippen LogP contribution in [0.15, 0.2) is 85.1 Å². The third-order valence-electron chi connectivity index (χ3n) is 11.7. The molecule has 0 aromatic carbocycles. The molecule has 0 rings (SSSR count). The van der Waals surface area contributed by atoms with Crippen LogP contribution in [0.4, 0.5) is 0 Å². The first-order chi connectivity index (χ1) is 32.5. The van der Waals surface area contributed by atoms with E-state index in [4.69, 9.17) is 14.2 Å². The molecule has 0 aromatic rings. The first-order valence-corrected chi connectivity index (χ1v) is 27.6. The number of ether oxygens (including phenoxy) is 3. The molecular weight excluding hydrogens is 817 g/mol. The zero-order chi connectivity index (χ0) is 47.9. The van der Waals surface area contributed by atoms with E-state index in [2.05, 4.69) is 69.4 Å². The van der Waals surface area contributed by atoms with Crippen molar-refractivity contribution in [3.63, 3.8) is 0 Å². The van der Waals surface area contributed by atoms with Crippen LogP contribution in [-0.4, -0.2) is 37.2 Å². The summed E-state index contributed by atoms with van der Waals surface area (Å²) in [7, 11) is 0. The van der Waals surface area contributed by atoms with Gasteiger partial charge in [-0.3, -0.25) is 14.4 Å². The molecule has 66 heavy (non-hydrogen) atoms. The van der Waals surface area contributed by atoms with Gasteiger partial charge in [0.2, 0.25) is 0 Å². The molecule has 0 aliphatic carbocycles. The Balaban J connectivity index is 4.44. The summed E-state index contributed by atoms with van der Waals surface area (Å²) in [5, 5.41) is 0. The van der Waals surface area contributed by atoms with E-state index in [1.54, 1.807) is 0 Å². The Morgan fingerprint density at radius 2 is 0.652 bits per heavy atom. The normalized spacial score (nSPS) is 12.7. The van der Waals surface area contributed by atoms with Crippen LogP contribution in [0.25, 0.3) is 0 Å². The highest BCUT2D eigenvalue weighted by Crippen LogP contribution is 2.14. The number of allylic oxidation sites excluding steroid dienone is 14. The average Bonchev–Trinajstić information content (AvgIpc) is 3.31. The standard InChI is InChI=1S/C60H102O6/c1-4-7-10-13-16-19-22-25-27-29-31-32-35-38-41-44-47-50-53-59(62)65-56-57(55-64-58(61)52-49-46-43-40-37-34-24-21-18-15-12-9-6-3)66-60(63)54-51-48-45-42-39-36-33-30-28-26-23-20-17-14-11-8-5-2/h9,12,15,17-18,20-21,24,26,28,31-32,34,37,57H,4-8,10-11,13-14,16,19,22-23,25,27,29-30,33,35-36,38-56H2,1-3H3/b12-9+,18-15+,20-17+,24-21+,28-26+,32-31+,37-34+. The van der Waals surface area contributed by atoms with Gasteiger partial charge >= 0.3 is 17.9 Å². The predicted octanol–water partition coefficient (Wildman–Crippen LogP) is 18.4. The fourth-order valence-corrected chi connectivity index (χ4v) is 7.54. The van der Waals surface area contributed by atoms with E-state index < -0.39 is 6.10 Å². The number of hydrogen-bond donors (Lipinski definition) is 0. The van der Waals surface area contributed by atoms with Crippen molar-refractivity contribution in [2.45, 2.75) is 264 Å². The largest absolute Gasteiger partial charge is 0.462 e. The molecule has 0 aliphatic heterocycles. The van der Waals surface area contributed by atoms with Gasteiger partial charge in [0, 0.05) is 19.3 Å². The summed E-state index contributed by atoms with van der Waals surface area (Å²) in [5.74, 6) is -0.950. The number of unbranched alkanes of at least 4 members (excludes halogenated alkanes) is 27. The molecule has 6 nitrogen and oxygen atoms in total. The molecule has 0 bridgehead atoms. The van der Waals surface area contributed by atoms with E-state index in [0.717, 1.165) is 89.9 Å². The van der Waals surface area contributed by atoms with Crippen molar-refractivity contribution >= 4 is 17.9 Å².